The first kappa shape index (κ1) is 12.5. The lowest BCUT2D eigenvalue weighted by Crippen LogP contribution is -2.49. The molecular formula is C15H18N2O2. The molecule has 0 radical (unpaired) electrons. The predicted molar refractivity (Wildman–Crippen MR) is 74.4 cm³/mol. The third kappa shape index (κ3) is 2.01. The molecule has 1 aromatic rings. The van der Waals surface area contributed by atoms with Crippen molar-refractivity contribution < 1.29 is 9.47 Å². The van der Waals surface area contributed by atoms with Crippen molar-refractivity contribution in [3.8, 4) is 0 Å². The number of allylic oxidation sites excluding steroid dienone is 1. The van der Waals surface area contributed by atoms with Gasteiger partial charge in [-0.3, -0.25) is 9.98 Å². The summed E-state index contributed by atoms with van der Waals surface area (Å²) in [7, 11) is 1.73. The summed E-state index contributed by atoms with van der Waals surface area (Å²) in [6, 6.07) is 2.05. The van der Waals surface area contributed by atoms with Crippen molar-refractivity contribution in [3.05, 3.63) is 35.2 Å². The average Bonchev–Trinajstić information content (AvgIpc) is 2.39. The van der Waals surface area contributed by atoms with Gasteiger partial charge in [0, 0.05) is 31.5 Å². The molecule has 1 fully saturated rings. The number of dihydropyridines is 1. The second-order valence-corrected chi connectivity index (χ2v) is 5.02. The van der Waals surface area contributed by atoms with E-state index in [4.69, 9.17) is 9.47 Å². The number of nitrogens with zero attached hydrogens (tertiary/aromatic N) is 2. The third-order valence-corrected chi connectivity index (χ3v) is 3.86. The van der Waals surface area contributed by atoms with E-state index in [1.807, 2.05) is 18.5 Å². The highest BCUT2D eigenvalue weighted by molar-refractivity contribution is 5.83. The Balaban J connectivity index is 2.10. The van der Waals surface area contributed by atoms with E-state index in [-0.39, 0.29) is 5.60 Å². The van der Waals surface area contributed by atoms with Gasteiger partial charge in [0.15, 0.2) is 5.60 Å². The number of hydrogen-bond donors (Lipinski definition) is 0. The fourth-order valence-electron chi connectivity index (χ4n) is 2.64. The number of aromatic nitrogens is 1. The minimum atomic E-state index is -0.378. The Morgan fingerprint density at radius 1 is 1.37 bits per heavy atom. The van der Waals surface area contributed by atoms with Crippen molar-refractivity contribution in [2.45, 2.75) is 18.9 Å². The second kappa shape index (κ2) is 4.87. The maximum Gasteiger partial charge on any atom is 0.156 e. The number of aryl methyl sites for hydroxylation is 1. The lowest BCUT2D eigenvalue weighted by atomic mass is 9.86. The quantitative estimate of drug-likeness (QED) is 0.834. The molecule has 2 aliphatic heterocycles. The van der Waals surface area contributed by atoms with E-state index in [1.165, 1.54) is 16.7 Å². The summed E-state index contributed by atoms with van der Waals surface area (Å²) >= 11 is 0. The first-order chi connectivity index (χ1) is 9.27. The smallest absolute Gasteiger partial charge is 0.156 e. The first-order valence-electron chi connectivity index (χ1n) is 6.53. The van der Waals surface area contributed by atoms with Crippen molar-refractivity contribution in [2.24, 2.45) is 4.99 Å². The molecule has 0 spiro atoms. The van der Waals surface area contributed by atoms with Crippen molar-refractivity contribution in [1.29, 1.82) is 0 Å². The van der Waals surface area contributed by atoms with E-state index in [0.29, 0.717) is 13.2 Å². The highest BCUT2D eigenvalue weighted by Crippen LogP contribution is 2.38. The zero-order valence-electron chi connectivity index (χ0n) is 11.3. The van der Waals surface area contributed by atoms with E-state index in [2.05, 4.69) is 23.0 Å². The van der Waals surface area contributed by atoms with Crippen molar-refractivity contribution >= 4 is 11.8 Å². The van der Waals surface area contributed by atoms with Gasteiger partial charge in [-0.05, 0) is 24.1 Å². The van der Waals surface area contributed by atoms with Gasteiger partial charge in [-0.2, -0.15) is 0 Å². The van der Waals surface area contributed by atoms with Crippen LogP contribution in [-0.4, -0.2) is 38.1 Å². The van der Waals surface area contributed by atoms with Crippen LogP contribution in [0.15, 0.2) is 23.3 Å². The van der Waals surface area contributed by atoms with Crippen LogP contribution in [0.1, 0.15) is 23.2 Å². The van der Waals surface area contributed by atoms with Gasteiger partial charge in [-0.1, -0.05) is 6.08 Å². The lowest BCUT2D eigenvalue weighted by Gasteiger charge is -2.41. The molecule has 4 heteroatoms. The molecule has 0 N–H and O–H groups in total. The van der Waals surface area contributed by atoms with Crippen LogP contribution in [0.25, 0.3) is 5.57 Å². The predicted octanol–water partition coefficient (Wildman–Crippen LogP) is 2.12. The Labute approximate surface area is 113 Å². The molecular weight excluding hydrogens is 240 g/mol. The Morgan fingerprint density at radius 3 is 2.79 bits per heavy atom. The van der Waals surface area contributed by atoms with Crippen LogP contribution >= 0.6 is 0 Å². The number of ether oxygens (including phenoxy) is 2. The maximum absolute atomic E-state index is 5.70. The van der Waals surface area contributed by atoms with Gasteiger partial charge in [-0.15, -0.1) is 0 Å². The molecule has 100 valence electrons. The molecule has 2 aliphatic rings. The minimum Gasteiger partial charge on any atom is -0.374 e. The third-order valence-electron chi connectivity index (χ3n) is 3.86. The highest BCUT2D eigenvalue weighted by atomic mass is 16.6. The standard InChI is InChI=1S/C15H18N2O2/c1-11-3-8-17-14(15(18-2)9-19-10-15)13(11)12-4-6-16-7-5-12/h3-4,7-8H,5-6,9-10H2,1-2H3. The Hall–Kier alpha value is -1.52. The molecule has 0 bridgehead atoms. The van der Waals surface area contributed by atoms with E-state index in [9.17, 15) is 0 Å². The highest BCUT2D eigenvalue weighted by Gasteiger charge is 2.44. The Kier molecular flexibility index (Phi) is 3.21. The van der Waals surface area contributed by atoms with Crippen LogP contribution in [-0.2, 0) is 15.1 Å². The summed E-state index contributed by atoms with van der Waals surface area (Å²) in [6.07, 6.45) is 6.86. The van der Waals surface area contributed by atoms with Gasteiger partial charge in [0.05, 0.1) is 25.5 Å². The monoisotopic (exact) mass is 258 g/mol. The average molecular weight is 258 g/mol. The largest absolute Gasteiger partial charge is 0.374 e. The summed E-state index contributed by atoms with van der Waals surface area (Å²) in [5, 5.41) is 0. The van der Waals surface area contributed by atoms with Gasteiger partial charge < -0.3 is 9.47 Å². The molecule has 0 unspecified atom stereocenters. The summed E-state index contributed by atoms with van der Waals surface area (Å²) in [4.78, 5) is 8.84. The summed E-state index contributed by atoms with van der Waals surface area (Å²) in [6.45, 7) is 4.03. The van der Waals surface area contributed by atoms with Gasteiger partial charge >= 0.3 is 0 Å². The minimum absolute atomic E-state index is 0.378. The van der Waals surface area contributed by atoms with E-state index in [0.717, 1.165) is 18.7 Å². The summed E-state index contributed by atoms with van der Waals surface area (Å²) in [5.74, 6) is 0. The van der Waals surface area contributed by atoms with Gasteiger partial charge in [0.1, 0.15) is 0 Å². The fourth-order valence-corrected chi connectivity index (χ4v) is 2.64. The maximum atomic E-state index is 5.70. The van der Waals surface area contributed by atoms with Crippen LogP contribution in [0.2, 0.25) is 0 Å². The molecule has 1 saturated heterocycles. The molecule has 3 rings (SSSR count). The van der Waals surface area contributed by atoms with Crippen molar-refractivity contribution in [2.75, 3.05) is 26.9 Å². The Morgan fingerprint density at radius 2 is 2.21 bits per heavy atom. The molecule has 19 heavy (non-hydrogen) atoms. The van der Waals surface area contributed by atoms with E-state index >= 15 is 0 Å². The van der Waals surface area contributed by atoms with E-state index in [1.54, 1.807) is 7.11 Å². The molecule has 0 atom stereocenters. The fraction of sp³-hybridized carbons (Fsp3) is 0.467. The van der Waals surface area contributed by atoms with Crippen LogP contribution in [0.4, 0.5) is 0 Å². The van der Waals surface area contributed by atoms with Crippen LogP contribution < -0.4 is 0 Å². The normalized spacial score (nSPS) is 20.8. The summed E-state index contributed by atoms with van der Waals surface area (Å²) < 4.78 is 11.1. The van der Waals surface area contributed by atoms with Crippen LogP contribution in [0.5, 0.6) is 0 Å². The number of aliphatic imine (C=N–C) groups is 1. The number of hydrogen-bond acceptors (Lipinski definition) is 4. The zero-order valence-corrected chi connectivity index (χ0v) is 11.3. The molecule has 0 aliphatic carbocycles. The molecule has 0 saturated carbocycles. The molecule has 4 nitrogen and oxygen atoms in total. The van der Waals surface area contributed by atoms with Crippen molar-refractivity contribution in [3.63, 3.8) is 0 Å². The topological polar surface area (TPSA) is 43.7 Å². The Bertz CT molecular complexity index is 540. The lowest BCUT2D eigenvalue weighted by molar-refractivity contribution is -0.204. The van der Waals surface area contributed by atoms with Gasteiger partial charge in [0.25, 0.3) is 0 Å². The number of pyridine rings is 1. The molecule has 3 heterocycles. The first-order valence-corrected chi connectivity index (χ1v) is 6.53. The van der Waals surface area contributed by atoms with Gasteiger partial charge in [-0.25, -0.2) is 0 Å². The van der Waals surface area contributed by atoms with Gasteiger partial charge in [0.2, 0.25) is 0 Å². The second-order valence-electron chi connectivity index (χ2n) is 5.02. The molecule has 0 aromatic carbocycles. The van der Waals surface area contributed by atoms with Crippen LogP contribution in [0, 0.1) is 6.92 Å². The number of rotatable bonds is 3. The summed E-state index contributed by atoms with van der Waals surface area (Å²) in [5.41, 5.74) is 4.35. The molecule has 1 aromatic heterocycles. The SMILES string of the molecule is COC1(c2nccc(C)c2C2=CCN=CC2)COC1. The van der Waals surface area contributed by atoms with Crippen LogP contribution in [0.3, 0.4) is 0 Å². The van der Waals surface area contributed by atoms with E-state index < -0.39 is 0 Å². The molecule has 0 amide bonds. The number of methoxy groups -OCH3 is 1. The van der Waals surface area contributed by atoms with Crippen molar-refractivity contribution in [1.82, 2.24) is 4.98 Å². The zero-order chi connectivity index (χ0) is 13.3.